The molecule has 0 aliphatic rings. The first kappa shape index (κ1) is 17.9. The van der Waals surface area contributed by atoms with Gasteiger partial charge in [-0.3, -0.25) is 8.61 Å². The zero-order valence-corrected chi connectivity index (χ0v) is 16.4. The van der Waals surface area contributed by atoms with Crippen molar-refractivity contribution in [2.45, 2.75) is 9.79 Å². The third kappa shape index (κ3) is 3.28. The Kier molecular flexibility index (Phi) is 4.80. The SMILES string of the molecule is CSc1ccc(-c2c(-c3ccc(S(C)=O)cc3)nc3ncccn23)cc1F. The normalized spacial score (nSPS) is 12.4. The number of thioether (sulfide) groups is 1. The Morgan fingerprint density at radius 1 is 1.11 bits per heavy atom. The summed E-state index contributed by atoms with van der Waals surface area (Å²) < 4.78 is 27.9. The zero-order valence-electron chi connectivity index (χ0n) is 14.7. The smallest absolute Gasteiger partial charge is 0.234 e. The molecule has 2 heterocycles. The van der Waals surface area contributed by atoms with Crippen molar-refractivity contribution in [1.82, 2.24) is 14.4 Å². The maximum atomic E-state index is 14.4. The summed E-state index contributed by atoms with van der Waals surface area (Å²) >= 11 is 1.37. The Bertz CT molecular complexity index is 1160. The highest BCUT2D eigenvalue weighted by Crippen LogP contribution is 2.34. The molecule has 4 rings (SSSR count). The second-order valence-corrected chi connectivity index (χ2v) is 8.15. The molecule has 136 valence electrons. The van der Waals surface area contributed by atoms with E-state index in [0.717, 1.165) is 21.7 Å². The molecule has 0 N–H and O–H groups in total. The molecule has 0 spiro atoms. The molecule has 0 saturated carbocycles. The largest absolute Gasteiger partial charge is 0.283 e. The van der Waals surface area contributed by atoms with Crippen LogP contribution in [0.2, 0.25) is 0 Å². The average molecular weight is 398 g/mol. The quantitative estimate of drug-likeness (QED) is 0.470. The Morgan fingerprint density at radius 3 is 2.52 bits per heavy atom. The van der Waals surface area contributed by atoms with E-state index in [1.807, 2.05) is 53.3 Å². The molecule has 0 aliphatic heterocycles. The first-order valence-corrected chi connectivity index (χ1v) is 11.0. The second-order valence-electron chi connectivity index (χ2n) is 5.93. The van der Waals surface area contributed by atoms with Crippen molar-refractivity contribution in [2.24, 2.45) is 0 Å². The van der Waals surface area contributed by atoms with Gasteiger partial charge in [-0.1, -0.05) is 18.2 Å². The third-order valence-electron chi connectivity index (χ3n) is 4.29. The fourth-order valence-corrected chi connectivity index (χ4v) is 3.96. The van der Waals surface area contributed by atoms with Crippen LogP contribution in [0.5, 0.6) is 0 Å². The van der Waals surface area contributed by atoms with Crippen LogP contribution < -0.4 is 0 Å². The first-order chi connectivity index (χ1) is 13.1. The summed E-state index contributed by atoms with van der Waals surface area (Å²) in [7, 11) is -1.05. The van der Waals surface area contributed by atoms with Crippen molar-refractivity contribution in [3.63, 3.8) is 0 Å². The molecule has 0 bridgehead atoms. The molecule has 1 unspecified atom stereocenters. The molecule has 4 aromatic rings. The van der Waals surface area contributed by atoms with Crippen LogP contribution in [0.15, 0.2) is 70.7 Å². The summed E-state index contributed by atoms with van der Waals surface area (Å²) in [6.45, 7) is 0. The Balaban J connectivity index is 1.95. The van der Waals surface area contributed by atoms with Gasteiger partial charge >= 0.3 is 0 Å². The van der Waals surface area contributed by atoms with Crippen LogP contribution in [0.3, 0.4) is 0 Å². The van der Waals surface area contributed by atoms with Crippen molar-refractivity contribution < 1.29 is 8.60 Å². The van der Waals surface area contributed by atoms with Crippen molar-refractivity contribution in [3.05, 3.63) is 66.7 Å². The van der Waals surface area contributed by atoms with Crippen molar-refractivity contribution in [3.8, 4) is 22.5 Å². The molecule has 7 heteroatoms. The molecule has 0 saturated heterocycles. The van der Waals surface area contributed by atoms with E-state index < -0.39 is 10.8 Å². The highest BCUT2D eigenvalue weighted by molar-refractivity contribution is 7.98. The number of hydrogen-bond acceptors (Lipinski definition) is 4. The first-order valence-electron chi connectivity index (χ1n) is 8.19. The van der Waals surface area contributed by atoms with E-state index in [0.29, 0.717) is 16.4 Å². The summed E-state index contributed by atoms with van der Waals surface area (Å²) in [6.07, 6.45) is 7.03. The molecule has 0 fully saturated rings. The maximum absolute atomic E-state index is 14.4. The number of imidazole rings is 1. The van der Waals surface area contributed by atoms with E-state index in [9.17, 15) is 8.60 Å². The van der Waals surface area contributed by atoms with E-state index in [-0.39, 0.29) is 5.82 Å². The number of rotatable bonds is 4. The minimum Gasteiger partial charge on any atom is -0.283 e. The van der Waals surface area contributed by atoms with E-state index in [1.54, 1.807) is 18.5 Å². The lowest BCUT2D eigenvalue weighted by Gasteiger charge is -2.08. The van der Waals surface area contributed by atoms with Gasteiger partial charge in [0.25, 0.3) is 0 Å². The van der Waals surface area contributed by atoms with Gasteiger partial charge in [0, 0.05) is 50.4 Å². The lowest BCUT2D eigenvalue weighted by molar-refractivity contribution is 0.602. The number of hydrogen-bond donors (Lipinski definition) is 0. The lowest BCUT2D eigenvalue weighted by atomic mass is 10.0. The van der Waals surface area contributed by atoms with E-state index in [1.165, 1.54) is 17.8 Å². The minimum atomic E-state index is -1.05. The predicted octanol–water partition coefficient (Wildman–Crippen LogP) is 4.66. The molecular weight excluding hydrogens is 381 g/mol. The fraction of sp³-hybridized carbons (Fsp3) is 0.100. The van der Waals surface area contributed by atoms with Crippen LogP contribution in [0.4, 0.5) is 4.39 Å². The number of aromatic nitrogens is 3. The standard InChI is InChI=1S/C20H16FN3OS2/c1-26-17-9-6-14(12-16(17)21)19-18(23-20-22-10-3-11-24(19)20)13-4-7-15(8-5-13)27(2)25/h3-12H,1-2H3. The molecule has 0 aliphatic carbocycles. The van der Waals surface area contributed by atoms with Gasteiger partial charge in [-0.25, -0.2) is 14.4 Å². The molecule has 27 heavy (non-hydrogen) atoms. The van der Waals surface area contributed by atoms with Gasteiger partial charge in [-0.05, 0) is 36.6 Å². The molecule has 1 atom stereocenters. The number of halogens is 1. The van der Waals surface area contributed by atoms with Gasteiger partial charge in [0.05, 0.1) is 11.4 Å². The van der Waals surface area contributed by atoms with E-state index in [2.05, 4.69) is 9.97 Å². The predicted molar refractivity (Wildman–Crippen MR) is 108 cm³/mol. The van der Waals surface area contributed by atoms with Crippen LogP contribution >= 0.6 is 11.8 Å². The van der Waals surface area contributed by atoms with Gasteiger partial charge in [-0.2, -0.15) is 0 Å². The molecular formula is C20H16FN3OS2. The summed E-state index contributed by atoms with van der Waals surface area (Å²) in [5.41, 5.74) is 3.07. The summed E-state index contributed by atoms with van der Waals surface area (Å²) in [6, 6.07) is 14.4. The molecule has 4 nitrogen and oxygen atoms in total. The third-order valence-corrected chi connectivity index (χ3v) is 6.00. The number of fused-ring (bicyclic) bond motifs is 1. The second kappa shape index (κ2) is 7.25. The fourth-order valence-electron chi connectivity index (χ4n) is 2.98. The summed E-state index contributed by atoms with van der Waals surface area (Å²) in [5, 5.41) is 0. The molecule has 0 amide bonds. The van der Waals surface area contributed by atoms with Crippen LogP contribution in [0.1, 0.15) is 0 Å². The minimum absolute atomic E-state index is 0.262. The zero-order chi connectivity index (χ0) is 19.0. The molecule has 2 aromatic carbocycles. The van der Waals surface area contributed by atoms with Crippen molar-refractivity contribution in [2.75, 3.05) is 12.5 Å². The van der Waals surface area contributed by atoms with E-state index in [4.69, 9.17) is 0 Å². The molecule has 0 radical (unpaired) electrons. The van der Waals surface area contributed by atoms with Crippen LogP contribution in [0, 0.1) is 5.82 Å². The van der Waals surface area contributed by atoms with Crippen LogP contribution in [-0.2, 0) is 10.8 Å². The number of nitrogens with zero attached hydrogens (tertiary/aromatic N) is 3. The summed E-state index contributed by atoms with van der Waals surface area (Å²) in [4.78, 5) is 10.3. The van der Waals surface area contributed by atoms with Crippen molar-refractivity contribution >= 4 is 28.3 Å². The van der Waals surface area contributed by atoms with Gasteiger partial charge in [0.15, 0.2) is 0 Å². The van der Waals surface area contributed by atoms with Gasteiger partial charge in [-0.15, -0.1) is 11.8 Å². The Hall–Kier alpha value is -2.51. The number of benzene rings is 2. The van der Waals surface area contributed by atoms with Crippen LogP contribution in [0.25, 0.3) is 28.3 Å². The van der Waals surface area contributed by atoms with Gasteiger partial charge in [0.1, 0.15) is 5.82 Å². The lowest BCUT2D eigenvalue weighted by Crippen LogP contribution is -1.92. The van der Waals surface area contributed by atoms with Crippen LogP contribution in [-0.4, -0.2) is 31.1 Å². The highest BCUT2D eigenvalue weighted by atomic mass is 32.2. The maximum Gasteiger partial charge on any atom is 0.234 e. The molecule has 2 aromatic heterocycles. The monoisotopic (exact) mass is 397 g/mol. The summed E-state index contributed by atoms with van der Waals surface area (Å²) in [5.74, 6) is 0.279. The van der Waals surface area contributed by atoms with Crippen molar-refractivity contribution in [1.29, 1.82) is 0 Å². The Morgan fingerprint density at radius 2 is 1.85 bits per heavy atom. The Labute approximate surface area is 162 Å². The topological polar surface area (TPSA) is 47.3 Å². The van der Waals surface area contributed by atoms with Gasteiger partial charge < -0.3 is 0 Å². The van der Waals surface area contributed by atoms with Gasteiger partial charge in [0.2, 0.25) is 5.78 Å². The highest BCUT2D eigenvalue weighted by Gasteiger charge is 2.18. The average Bonchev–Trinajstić information content (AvgIpc) is 3.07. The van der Waals surface area contributed by atoms with E-state index >= 15 is 0 Å².